The van der Waals surface area contributed by atoms with E-state index >= 15 is 0 Å². The zero-order chi connectivity index (χ0) is 11.7. The zero-order valence-corrected chi connectivity index (χ0v) is 11.1. The number of thiophene rings is 1. The third-order valence-electron chi connectivity index (χ3n) is 3.22. The number of rotatable bonds is 3. The van der Waals surface area contributed by atoms with Crippen molar-refractivity contribution in [2.45, 2.75) is 27.2 Å². The lowest BCUT2D eigenvalue weighted by molar-refractivity contribution is 0.0943. The van der Waals surface area contributed by atoms with Crippen molar-refractivity contribution in [3.8, 4) is 0 Å². The number of hydrogen-bond donors (Lipinski definition) is 0. The van der Waals surface area contributed by atoms with Crippen molar-refractivity contribution >= 4 is 17.1 Å². The Morgan fingerprint density at radius 3 is 2.81 bits per heavy atom. The van der Waals surface area contributed by atoms with Crippen LogP contribution in [0.15, 0.2) is 6.07 Å². The summed E-state index contributed by atoms with van der Waals surface area (Å²) in [7, 11) is 0. The molecule has 0 radical (unpaired) electrons. The van der Waals surface area contributed by atoms with Crippen LogP contribution in [0.25, 0.3) is 0 Å². The quantitative estimate of drug-likeness (QED) is 0.753. The Kier molecular flexibility index (Phi) is 3.45. The summed E-state index contributed by atoms with van der Waals surface area (Å²) >= 11 is 1.72. The summed E-state index contributed by atoms with van der Waals surface area (Å²) in [6.45, 7) is 9.11. The van der Waals surface area contributed by atoms with Gasteiger partial charge in [0.15, 0.2) is 5.78 Å². The summed E-state index contributed by atoms with van der Waals surface area (Å²) in [4.78, 5) is 16.8. The highest BCUT2D eigenvalue weighted by Gasteiger charge is 2.22. The highest BCUT2D eigenvalue weighted by Crippen LogP contribution is 2.22. The Morgan fingerprint density at radius 1 is 1.56 bits per heavy atom. The summed E-state index contributed by atoms with van der Waals surface area (Å²) in [6.07, 6.45) is 1.23. The molecule has 1 fully saturated rings. The Hall–Kier alpha value is -0.670. The average Bonchev–Trinajstić information content (AvgIpc) is 2.73. The Bertz CT molecular complexity index is 397. The number of Topliss-reactive ketones (excluding diaryl/α,β-unsaturated/α-hetero) is 1. The maximum absolute atomic E-state index is 12.1. The number of nitrogens with zero attached hydrogens (tertiary/aromatic N) is 1. The third kappa shape index (κ3) is 2.53. The molecule has 0 N–H and O–H groups in total. The van der Waals surface area contributed by atoms with Crippen molar-refractivity contribution in [3.05, 3.63) is 21.4 Å². The molecule has 0 aliphatic carbocycles. The summed E-state index contributed by atoms with van der Waals surface area (Å²) in [6, 6.07) is 2.03. The molecule has 1 aliphatic rings. The molecule has 3 heteroatoms. The van der Waals surface area contributed by atoms with Gasteiger partial charge in [0.25, 0.3) is 0 Å². The molecule has 88 valence electrons. The zero-order valence-electron chi connectivity index (χ0n) is 10.2. The third-order valence-corrected chi connectivity index (χ3v) is 4.18. The van der Waals surface area contributed by atoms with Gasteiger partial charge in [-0.05, 0) is 38.8 Å². The van der Waals surface area contributed by atoms with Gasteiger partial charge in [0.05, 0.1) is 6.54 Å². The molecule has 16 heavy (non-hydrogen) atoms. The largest absolute Gasteiger partial charge is 0.296 e. The highest BCUT2D eigenvalue weighted by atomic mass is 32.1. The number of aryl methyl sites for hydroxylation is 2. The summed E-state index contributed by atoms with van der Waals surface area (Å²) < 4.78 is 0. The fraction of sp³-hybridized carbons (Fsp3) is 0.615. The van der Waals surface area contributed by atoms with Gasteiger partial charge in [-0.15, -0.1) is 11.3 Å². The van der Waals surface area contributed by atoms with Gasteiger partial charge in [0.1, 0.15) is 0 Å². The minimum absolute atomic E-state index is 0.288. The van der Waals surface area contributed by atoms with Crippen LogP contribution in [0.4, 0.5) is 0 Å². The summed E-state index contributed by atoms with van der Waals surface area (Å²) in [5.41, 5.74) is 0.932. The highest BCUT2D eigenvalue weighted by molar-refractivity contribution is 7.12. The predicted molar refractivity (Wildman–Crippen MR) is 68.3 cm³/mol. The van der Waals surface area contributed by atoms with Crippen LogP contribution in [0.1, 0.15) is 33.5 Å². The van der Waals surface area contributed by atoms with Crippen LogP contribution >= 0.6 is 11.3 Å². The van der Waals surface area contributed by atoms with Gasteiger partial charge in [-0.2, -0.15) is 0 Å². The van der Waals surface area contributed by atoms with E-state index in [4.69, 9.17) is 0 Å². The van der Waals surface area contributed by atoms with Crippen LogP contribution in [0.2, 0.25) is 0 Å². The second kappa shape index (κ2) is 4.68. The molecule has 1 aromatic rings. The first-order chi connectivity index (χ1) is 7.56. The number of likely N-dealkylation sites (tertiary alicyclic amines) is 1. The number of hydrogen-bond acceptors (Lipinski definition) is 3. The lowest BCUT2D eigenvalue weighted by atomic mass is 10.1. The van der Waals surface area contributed by atoms with Gasteiger partial charge >= 0.3 is 0 Å². The van der Waals surface area contributed by atoms with Crippen LogP contribution in [-0.4, -0.2) is 30.3 Å². The number of carbonyl (C=O) groups is 1. The Morgan fingerprint density at radius 2 is 2.31 bits per heavy atom. The summed E-state index contributed by atoms with van der Waals surface area (Å²) in [5.74, 6) is 1.04. The van der Waals surface area contributed by atoms with Gasteiger partial charge in [-0.1, -0.05) is 6.92 Å². The topological polar surface area (TPSA) is 20.3 Å². The fourth-order valence-corrected chi connectivity index (χ4v) is 3.31. The molecular formula is C13H19NOS. The molecule has 0 bridgehead atoms. The molecule has 0 aromatic carbocycles. The normalized spacial score (nSPS) is 21.6. The lowest BCUT2D eigenvalue weighted by Crippen LogP contribution is -2.27. The molecule has 1 saturated heterocycles. The van der Waals surface area contributed by atoms with E-state index in [2.05, 4.69) is 18.7 Å². The maximum atomic E-state index is 12.1. The molecule has 2 nitrogen and oxygen atoms in total. The van der Waals surface area contributed by atoms with E-state index in [0.717, 1.165) is 29.4 Å². The van der Waals surface area contributed by atoms with E-state index in [1.807, 2.05) is 13.0 Å². The van der Waals surface area contributed by atoms with Crippen LogP contribution in [0.5, 0.6) is 0 Å². The van der Waals surface area contributed by atoms with Gasteiger partial charge < -0.3 is 0 Å². The van der Waals surface area contributed by atoms with Crippen LogP contribution < -0.4 is 0 Å². The van der Waals surface area contributed by atoms with Crippen molar-refractivity contribution < 1.29 is 4.79 Å². The van der Waals surface area contributed by atoms with Crippen LogP contribution in [0, 0.1) is 19.8 Å². The van der Waals surface area contributed by atoms with E-state index in [1.165, 1.54) is 11.3 Å². The van der Waals surface area contributed by atoms with Gasteiger partial charge in [0.2, 0.25) is 0 Å². The molecule has 1 aromatic heterocycles. The number of ketones is 1. The first-order valence-electron chi connectivity index (χ1n) is 5.89. The first kappa shape index (κ1) is 11.8. The Labute approximate surface area is 101 Å². The number of carbonyl (C=O) groups excluding carboxylic acids is 1. The van der Waals surface area contributed by atoms with E-state index in [9.17, 15) is 4.79 Å². The second-order valence-corrected chi connectivity index (χ2v) is 6.34. The molecule has 1 atom stereocenters. The first-order valence-corrected chi connectivity index (χ1v) is 6.70. The Balaban J connectivity index is 2.00. The van der Waals surface area contributed by atoms with E-state index in [-0.39, 0.29) is 5.78 Å². The van der Waals surface area contributed by atoms with E-state index < -0.39 is 0 Å². The molecule has 2 rings (SSSR count). The summed E-state index contributed by atoms with van der Waals surface area (Å²) in [5, 5.41) is 0. The molecule has 0 amide bonds. The average molecular weight is 237 g/mol. The fourth-order valence-electron chi connectivity index (χ4n) is 2.37. The van der Waals surface area contributed by atoms with Crippen molar-refractivity contribution in [2.24, 2.45) is 5.92 Å². The molecule has 1 aliphatic heterocycles. The maximum Gasteiger partial charge on any atom is 0.177 e. The van der Waals surface area contributed by atoms with Gasteiger partial charge in [-0.25, -0.2) is 0 Å². The molecule has 0 saturated carbocycles. The van der Waals surface area contributed by atoms with Crippen LogP contribution in [-0.2, 0) is 0 Å². The predicted octanol–water partition coefficient (Wildman–Crippen LogP) is 2.89. The van der Waals surface area contributed by atoms with Gasteiger partial charge in [-0.3, -0.25) is 9.69 Å². The molecule has 2 heterocycles. The van der Waals surface area contributed by atoms with Gasteiger partial charge in [0, 0.05) is 21.9 Å². The minimum atomic E-state index is 0.288. The minimum Gasteiger partial charge on any atom is -0.296 e. The standard InChI is InChI=1S/C13H19NOS/c1-9-4-5-14(7-9)8-13(15)12-6-10(2)16-11(12)3/h6,9H,4-5,7-8H2,1-3H3. The smallest absolute Gasteiger partial charge is 0.177 e. The SMILES string of the molecule is Cc1cc(C(=O)CN2CCC(C)C2)c(C)s1. The molecule has 0 spiro atoms. The van der Waals surface area contributed by atoms with E-state index in [1.54, 1.807) is 11.3 Å². The van der Waals surface area contributed by atoms with Crippen molar-refractivity contribution in [3.63, 3.8) is 0 Å². The van der Waals surface area contributed by atoms with Crippen molar-refractivity contribution in [2.75, 3.05) is 19.6 Å². The monoisotopic (exact) mass is 237 g/mol. The molecular weight excluding hydrogens is 218 g/mol. The lowest BCUT2D eigenvalue weighted by Gasteiger charge is -2.13. The van der Waals surface area contributed by atoms with Crippen molar-refractivity contribution in [1.29, 1.82) is 0 Å². The molecule has 1 unspecified atom stereocenters. The van der Waals surface area contributed by atoms with Crippen molar-refractivity contribution in [1.82, 2.24) is 4.90 Å². The van der Waals surface area contributed by atoms with E-state index in [0.29, 0.717) is 6.54 Å². The second-order valence-electron chi connectivity index (χ2n) is 4.88. The van der Waals surface area contributed by atoms with Crippen LogP contribution in [0.3, 0.4) is 0 Å².